The maximum atomic E-state index is 5.62. The molecule has 0 spiro atoms. The van der Waals surface area contributed by atoms with Crippen molar-refractivity contribution in [2.24, 2.45) is 0 Å². The summed E-state index contributed by atoms with van der Waals surface area (Å²) in [5.41, 5.74) is 3.03. The molecule has 4 nitrogen and oxygen atoms in total. The van der Waals surface area contributed by atoms with E-state index in [1.165, 1.54) is 0 Å². The molecule has 0 fully saturated rings. The van der Waals surface area contributed by atoms with Crippen molar-refractivity contribution in [2.45, 2.75) is 26.7 Å². The number of ether oxygens (including phenoxy) is 2. The molecule has 0 N–H and O–H groups in total. The van der Waals surface area contributed by atoms with Crippen LogP contribution in [0, 0.1) is 0 Å². The Bertz CT molecular complexity index is 727. The molecule has 4 heteroatoms. The van der Waals surface area contributed by atoms with Gasteiger partial charge in [0.15, 0.2) is 5.82 Å². The van der Waals surface area contributed by atoms with Crippen LogP contribution in [0.5, 0.6) is 11.5 Å². The molecule has 0 saturated carbocycles. The summed E-state index contributed by atoms with van der Waals surface area (Å²) < 4.78 is 11.2. The van der Waals surface area contributed by atoms with E-state index in [0.717, 1.165) is 54.2 Å². The summed E-state index contributed by atoms with van der Waals surface area (Å²) in [7, 11) is 0. The molecule has 0 bridgehead atoms. The van der Waals surface area contributed by atoms with Gasteiger partial charge in [-0.05, 0) is 54.8 Å². The molecule has 3 aromatic rings. The SMILES string of the molecule is CCCOc1ccc(-c2cnc(-c3ccc(OCCC)cc3)nc2)cc1. The quantitative estimate of drug-likeness (QED) is 0.547. The molecule has 26 heavy (non-hydrogen) atoms. The number of hydrogen-bond donors (Lipinski definition) is 0. The first-order valence-electron chi connectivity index (χ1n) is 9.08. The van der Waals surface area contributed by atoms with E-state index < -0.39 is 0 Å². The molecule has 1 heterocycles. The van der Waals surface area contributed by atoms with Crippen molar-refractivity contribution in [3.8, 4) is 34.0 Å². The van der Waals surface area contributed by atoms with Gasteiger partial charge in [0.25, 0.3) is 0 Å². The fraction of sp³-hybridized carbons (Fsp3) is 0.273. The summed E-state index contributed by atoms with van der Waals surface area (Å²) in [5.74, 6) is 2.47. The third kappa shape index (κ3) is 4.60. The van der Waals surface area contributed by atoms with E-state index in [-0.39, 0.29) is 0 Å². The second kappa shape index (κ2) is 8.99. The Kier molecular flexibility index (Phi) is 6.20. The summed E-state index contributed by atoms with van der Waals surface area (Å²) >= 11 is 0. The molecule has 0 unspecified atom stereocenters. The molecule has 0 aliphatic carbocycles. The minimum Gasteiger partial charge on any atom is -0.494 e. The molecule has 3 rings (SSSR count). The molecule has 0 amide bonds. The molecule has 0 atom stereocenters. The lowest BCUT2D eigenvalue weighted by molar-refractivity contribution is 0.317. The van der Waals surface area contributed by atoms with Gasteiger partial charge in [-0.25, -0.2) is 9.97 Å². The predicted molar refractivity (Wildman–Crippen MR) is 104 cm³/mol. The molecule has 0 aliphatic rings. The van der Waals surface area contributed by atoms with Gasteiger partial charge in [0, 0.05) is 23.5 Å². The molecule has 1 aromatic heterocycles. The molecular formula is C22H24N2O2. The van der Waals surface area contributed by atoms with Gasteiger partial charge in [0.2, 0.25) is 0 Å². The Morgan fingerprint density at radius 2 is 1.08 bits per heavy atom. The highest BCUT2D eigenvalue weighted by Crippen LogP contribution is 2.24. The summed E-state index contributed by atoms with van der Waals surface area (Å²) in [6, 6.07) is 15.9. The Hall–Kier alpha value is -2.88. The van der Waals surface area contributed by atoms with Crippen LogP contribution in [0.2, 0.25) is 0 Å². The number of rotatable bonds is 8. The van der Waals surface area contributed by atoms with Crippen LogP contribution < -0.4 is 9.47 Å². The van der Waals surface area contributed by atoms with E-state index in [4.69, 9.17) is 9.47 Å². The van der Waals surface area contributed by atoms with Gasteiger partial charge in [0.05, 0.1) is 13.2 Å². The van der Waals surface area contributed by atoms with E-state index in [9.17, 15) is 0 Å². The van der Waals surface area contributed by atoms with Crippen molar-refractivity contribution < 1.29 is 9.47 Å². The topological polar surface area (TPSA) is 44.2 Å². The number of hydrogen-bond acceptors (Lipinski definition) is 4. The average Bonchev–Trinajstić information content (AvgIpc) is 2.72. The zero-order valence-electron chi connectivity index (χ0n) is 15.3. The average molecular weight is 348 g/mol. The zero-order chi connectivity index (χ0) is 18.2. The van der Waals surface area contributed by atoms with Gasteiger partial charge >= 0.3 is 0 Å². The molecule has 134 valence electrons. The van der Waals surface area contributed by atoms with Crippen molar-refractivity contribution in [3.63, 3.8) is 0 Å². The van der Waals surface area contributed by atoms with E-state index >= 15 is 0 Å². The smallest absolute Gasteiger partial charge is 0.159 e. The fourth-order valence-corrected chi connectivity index (χ4v) is 2.51. The van der Waals surface area contributed by atoms with Crippen molar-refractivity contribution in [1.82, 2.24) is 9.97 Å². The lowest BCUT2D eigenvalue weighted by Crippen LogP contribution is -1.95. The molecule has 0 radical (unpaired) electrons. The summed E-state index contributed by atoms with van der Waals surface area (Å²) in [6.45, 7) is 5.65. The van der Waals surface area contributed by atoms with Gasteiger partial charge in [-0.2, -0.15) is 0 Å². The third-order valence-corrected chi connectivity index (χ3v) is 3.90. The number of nitrogens with zero attached hydrogens (tertiary/aromatic N) is 2. The van der Waals surface area contributed by atoms with Crippen LogP contribution in [0.15, 0.2) is 60.9 Å². The van der Waals surface area contributed by atoms with E-state index in [2.05, 4.69) is 23.8 Å². The monoisotopic (exact) mass is 348 g/mol. The first kappa shape index (κ1) is 17.9. The van der Waals surface area contributed by atoms with Crippen LogP contribution in [0.3, 0.4) is 0 Å². The van der Waals surface area contributed by atoms with Crippen LogP contribution in [0.1, 0.15) is 26.7 Å². The van der Waals surface area contributed by atoms with Crippen LogP contribution in [0.4, 0.5) is 0 Å². The van der Waals surface area contributed by atoms with Gasteiger partial charge in [-0.15, -0.1) is 0 Å². The van der Waals surface area contributed by atoms with Crippen molar-refractivity contribution in [3.05, 3.63) is 60.9 Å². The first-order valence-corrected chi connectivity index (χ1v) is 9.08. The van der Waals surface area contributed by atoms with Crippen LogP contribution in [0.25, 0.3) is 22.5 Å². The summed E-state index contributed by atoms with van der Waals surface area (Å²) in [6.07, 6.45) is 5.71. The van der Waals surface area contributed by atoms with Gasteiger partial charge in [-0.1, -0.05) is 26.0 Å². The van der Waals surface area contributed by atoms with Crippen LogP contribution >= 0.6 is 0 Å². The number of benzene rings is 2. The van der Waals surface area contributed by atoms with Crippen molar-refractivity contribution in [2.75, 3.05) is 13.2 Å². The lowest BCUT2D eigenvalue weighted by Gasteiger charge is -2.07. The largest absolute Gasteiger partial charge is 0.494 e. The van der Waals surface area contributed by atoms with Crippen molar-refractivity contribution in [1.29, 1.82) is 0 Å². The predicted octanol–water partition coefficient (Wildman–Crippen LogP) is 5.39. The van der Waals surface area contributed by atoms with Crippen LogP contribution in [-0.4, -0.2) is 23.2 Å². The van der Waals surface area contributed by atoms with Gasteiger partial charge in [-0.3, -0.25) is 0 Å². The van der Waals surface area contributed by atoms with E-state index in [0.29, 0.717) is 5.82 Å². The highest BCUT2D eigenvalue weighted by Gasteiger charge is 2.04. The Morgan fingerprint density at radius 1 is 0.615 bits per heavy atom. The highest BCUT2D eigenvalue weighted by atomic mass is 16.5. The fourth-order valence-electron chi connectivity index (χ4n) is 2.51. The standard InChI is InChI=1S/C22H24N2O2/c1-3-13-25-20-9-5-17(6-10-20)19-15-23-22(24-16-19)18-7-11-21(12-8-18)26-14-4-2/h5-12,15-16H,3-4,13-14H2,1-2H3. The minimum absolute atomic E-state index is 0.707. The lowest BCUT2D eigenvalue weighted by atomic mass is 10.1. The van der Waals surface area contributed by atoms with E-state index in [1.54, 1.807) is 0 Å². The Morgan fingerprint density at radius 3 is 1.54 bits per heavy atom. The van der Waals surface area contributed by atoms with Crippen molar-refractivity contribution >= 4 is 0 Å². The Labute approximate surface area is 154 Å². The van der Waals surface area contributed by atoms with Crippen LogP contribution in [-0.2, 0) is 0 Å². The zero-order valence-corrected chi connectivity index (χ0v) is 15.3. The maximum Gasteiger partial charge on any atom is 0.159 e. The third-order valence-electron chi connectivity index (χ3n) is 3.90. The van der Waals surface area contributed by atoms with Gasteiger partial charge < -0.3 is 9.47 Å². The van der Waals surface area contributed by atoms with Gasteiger partial charge in [0.1, 0.15) is 11.5 Å². The highest BCUT2D eigenvalue weighted by molar-refractivity contribution is 5.64. The molecule has 2 aromatic carbocycles. The summed E-state index contributed by atoms with van der Waals surface area (Å²) in [4.78, 5) is 9.01. The first-order chi connectivity index (χ1) is 12.8. The molecule has 0 saturated heterocycles. The summed E-state index contributed by atoms with van der Waals surface area (Å²) in [5, 5.41) is 0. The second-order valence-corrected chi connectivity index (χ2v) is 6.04. The Balaban J connectivity index is 1.69. The molecular weight excluding hydrogens is 324 g/mol. The maximum absolute atomic E-state index is 5.62. The second-order valence-electron chi connectivity index (χ2n) is 6.04. The minimum atomic E-state index is 0.707. The van der Waals surface area contributed by atoms with E-state index in [1.807, 2.05) is 60.9 Å². The number of aromatic nitrogens is 2. The normalized spacial score (nSPS) is 10.5. The molecule has 0 aliphatic heterocycles.